The SMILES string of the molecule is COc1ccc(C=Nc2ccc3oc(-c4cc(Cl)ccc4Cl)nc3c2)cc1Br. The van der Waals surface area contributed by atoms with Crippen molar-refractivity contribution in [3.63, 3.8) is 0 Å². The zero-order valence-corrected chi connectivity index (χ0v) is 17.7. The zero-order chi connectivity index (χ0) is 19.7. The molecule has 4 aromatic rings. The highest BCUT2D eigenvalue weighted by molar-refractivity contribution is 9.10. The molecular formula is C21H13BrCl2N2O2. The summed E-state index contributed by atoms with van der Waals surface area (Å²) in [6.45, 7) is 0. The van der Waals surface area contributed by atoms with Gasteiger partial charge < -0.3 is 9.15 Å². The maximum Gasteiger partial charge on any atom is 0.228 e. The van der Waals surface area contributed by atoms with Crippen molar-refractivity contribution in [1.29, 1.82) is 0 Å². The molecule has 0 radical (unpaired) electrons. The van der Waals surface area contributed by atoms with E-state index < -0.39 is 0 Å². The number of aliphatic imine (C=N–C) groups is 1. The fourth-order valence-electron chi connectivity index (χ4n) is 2.68. The number of nitrogens with zero attached hydrogens (tertiary/aromatic N) is 2. The Morgan fingerprint density at radius 2 is 1.93 bits per heavy atom. The van der Waals surface area contributed by atoms with Gasteiger partial charge >= 0.3 is 0 Å². The molecular weight excluding hydrogens is 463 g/mol. The second-order valence-electron chi connectivity index (χ2n) is 5.95. The highest BCUT2D eigenvalue weighted by Gasteiger charge is 2.12. The van der Waals surface area contributed by atoms with Gasteiger partial charge in [-0.1, -0.05) is 23.2 Å². The molecule has 0 bridgehead atoms. The number of methoxy groups -OCH3 is 1. The number of hydrogen-bond acceptors (Lipinski definition) is 4. The lowest BCUT2D eigenvalue weighted by Crippen LogP contribution is -1.86. The van der Waals surface area contributed by atoms with Crippen LogP contribution in [0.5, 0.6) is 5.75 Å². The molecule has 0 spiro atoms. The summed E-state index contributed by atoms with van der Waals surface area (Å²) in [7, 11) is 1.63. The monoisotopic (exact) mass is 474 g/mol. The average Bonchev–Trinajstić information content (AvgIpc) is 3.11. The molecule has 140 valence electrons. The van der Waals surface area contributed by atoms with Crippen molar-refractivity contribution in [2.75, 3.05) is 7.11 Å². The lowest BCUT2D eigenvalue weighted by molar-refractivity contribution is 0.412. The Morgan fingerprint density at radius 1 is 1.07 bits per heavy atom. The summed E-state index contributed by atoms with van der Waals surface area (Å²) < 4.78 is 11.9. The molecule has 28 heavy (non-hydrogen) atoms. The maximum absolute atomic E-state index is 6.25. The van der Waals surface area contributed by atoms with Gasteiger partial charge in [0.05, 0.1) is 27.9 Å². The molecule has 0 amide bonds. The van der Waals surface area contributed by atoms with E-state index in [9.17, 15) is 0 Å². The van der Waals surface area contributed by atoms with Gasteiger partial charge in [-0.3, -0.25) is 4.99 Å². The van der Waals surface area contributed by atoms with E-state index in [0.29, 0.717) is 32.6 Å². The average molecular weight is 476 g/mol. The minimum absolute atomic E-state index is 0.419. The molecule has 0 aliphatic carbocycles. The van der Waals surface area contributed by atoms with Crippen molar-refractivity contribution in [2.24, 2.45) is 4.99 Å². The van der Waals surface area contributed by atoms with Crippen LogP contribution >= 0.6 is 39.1 Å². The van der Waals surface area contributed by atoms with Crippen LogP contribution in [-0.4, -0.2) is 18.3 Å². The van der Waals surface area contributed by atoms with Crippen molar-refractivity contribution in [3.05, 3.63) is 74.7 Å². The summed E-state index contributed by atoms with van der Waals surface area (Å²) in [6.07, 6.45) is 1.78. The number of aromatic nitrogens is 1. The van der Waals surface area contributed by atoms with E-state index in [1.54, 1.807) is 31.5 Å². The van der Waals surface area contributed by atoms with Crippen LogP contribution in [0.2, 0.25) is 10.0 Å². The summed E-state index contributed by atoms with van der Waals surface area (Å²) in [5.41, 5.74) is 3.70. The predicted octanol–water partition coefficient (Wildman–Crippen LogP) is 7.32. The van der Waals surface area contributed by atoms with E-state index in [-0.39, 0.29) is 0 Å². The third kappa shape index (κ3) is 3.92. The van der Waals surface area contributed by atoms with Gasteiger partial charge in [-0.15, -0.1) is 0 Å². The number of halogens is 3. The zero-order valence-electron chi connectivity index (χ0n) is 14.6. The van der Waals surface area contributed by atoms with Crippen LogP contribution in [-0.2, 0) is 0 Å². The Morgan fingerprint density at radius 3 is 2.71 bits per heavy atom. The number of benzene rings is 3. The van der Waals surface area contributed by atoms with E-state index in [0.717, 1.165) is 21.5 Å². The van der Waals surface area contributed by atoms with E-state index in [4.69, 9.17) is 32.4 Å². The Hall–Kier alpha value is -2.34. The van der Waals surface area contributed by atoms with E-state index in [1.807, 2.05) is 36.4 Å². The van der Waals surface area contributed by atoms with Crippen LogP contribution in [0.3, 0.4) is 0 Å². The summed E-state index contributed by atoms with van der Waals surface area (Å²) in [5.74, 6) is 1.19. The van der Waals surface area contributed by atoms with Crippen LogP contribution in [0.4, 0.5) is 5.69 Å². The van der Waals surface area contributed by atoms with Gasteiger partial charge in [-0.25, -0.2) is 4.98 Å². The van der Waals surface area contributed by atoms with Gasteiger partial charge in [0.25, 0.3) is 0 Å². The molecule has 0 atom stereocenters. The third-order valence-electron chi connectivity index (χ3n) is 4.07. The molecule has 1 heterocycles. The number of rotatable bonds is 4. The molecule has 1 aromatic heterocycles. The summed E-state index contributed by atoms with van der Waals surface area (Å²) in [4.78, 5) is 9.05. The van der Waals surface area contributed by atoms with Crippen LogP contribution in [0.15, 0.2) is 68.5 Å². The quantitative estimate of drug-likeness (QED) is 0.290. The Bertz CT molecular complexity index is 1200. The van der Waals surface area contributed by atoms with Gasteiger partial charge in [-0.05, 0) is 76.1 Å². The standard InChI is InChI=1S/C21H13BrCl2N2O2/c1-27-19-6-2-12(8-16(19)22)11-25-14-4-7-20-18(10-14)26-21(28-20)15-9-13(23)3-5-17(15)24/h2-11H,1H3. The Balaban J connectivity index is 1.65. The van der Waals surface area contributed by atoms with Crippen molar-refractivity contribution < 1.29 is 9.15 Å². The first-order chi connectivity index (χ1) is 13.5. The second-order valence-corrected chi connectivity index (χ2v) is 7.65. The van der Waals surface area contributed by atoms with E-state index >= 15 is 0 Å². The molecule has 0 fully saturated rings. The van der Waals surface area contributed by atoms with Crippen LogP contribution in [0.25, 0.3) is 22.6 Å². The lowest BCUT2D eigenvalue weighted by atomic mass is 10.2. The molecule has 3 aromatic carbocycles. The first-order valence-electron chi connectivity index (χ1n) is 8.27. The largest absolute Gasteiger partial charge is 0.496 e. The maximum atomic E-state index is 6.25. The van der Waals surface area contributed by atoms with E-state index in [2.05, 4.69) is 25.9 Å². The number of oxazole rings is 1. The minimum atomic E-state index is 0.419. The Kier molecular flexibility index (Phi) is 5.40. The molecule has 0 aliphatic rings. The minimum Gasteiger partial charge on any atom is -0.496 e. The molecule has 0 aliphatic heterocycles. The highest BCUT2D eigenvalue weighted by atomic mass is 79.9. The summed E-state index contributed by atoms with van der Waals surface area (Å²) >= 11 is 15.8. The first kappa shape index (κ1) is 19.0. The van der Waals surface area contributed by atoms with Crippen molar-refractivity contribution in [3.8, 4) is 17.2 Å². The van der Waals surface area contributed by atoms with Crippen molar-refractivity contribution >= 4 is 62.1 Å². The molecule has 0 saturated heterocycles. The fourth-order valence-corrected chi connectivity index (χ4v) is 3.61. The summed E-state index contributed by atoms with van der Waals surface area (Å²) in [6, 6.07) is 16.5. The molecule has 4 rings (SSSR count). The van der Waals surface area contributed by atoms with Crippen molar-refractivity contribution in [1.82, 2.24) is 4.98 Å². The van der Waals surface area contributed by atoms with Gasteiger partial charge in [0.15, 0.2) is 5.58 Å². The molecule has 0 unspecified atom stereocenters. The van der Waals surface area contributed by atoms with E-state index in [1.165, 1.54) is 0 Å². The van der Waals surface area contributed by atoms with Gasteiger partial charge in [0.2, 0.25) is 5.89 Å². The molecule has 4 nitrogen and oxygen atoms in total. The summed E-state index contributed by atoms with van der Waals surface area (Å²) in [5, 5.41) is 1.09. The van der Waals surface area contributed by atoms with Gasteiger partial charge in [-0.2, -0.15) is 0 Å². The fraction of sp³-hybridized carbons (Fsp3) is 0.0476. The Labute approximate surface area is 179 Å². The molecule has 7 heteroatoms. The van der Waals surface area contributed by atoms with Crippen LogP contribution in [0.1, 0.15) is 5.56 Å². The number of fused-ring (bicyclic) bond motifs is 1. The lowest BCUT2D eigenvalue weighted by Gasteiger charge is -2.03. The second kappa shape index (κ2) is 7.95. The molecule has 0 N–H and O–H groups in total. The molecule has 0 saturated carbocycles. The van der Waals surface area contributed by atoms with Gasteiger partial charge in [0.1, 0.15) is 11.3 Å². The number of ether oxygens (including phenoxy) is 1. The highest BCUT2D eigenvalue weighted by Crippen LogP contribution is 2.33. The van der Waals surface area contributed by atoms with Gasteiger partial charge in [0, 0.05) is 11.2 Å². The normalized spacial score (nSPS) is 11.4. The smallest absolute Gasteiger partial charge is 0.228 e. The van der Waals surface area contributed by atoms with Crippen molar-refractivity contribution in [2.45, 2.75) is 0 Å². The first-order valence-corrected chi connectivity index (χ1v) is 9.82. The predicted molar refractivity (Wildman–Crippen MR) is 117 cm³/mol. The van der Waals surface area contributed by atoms with Crippen LogP contribution < -0.4 is 4.74 Å². The number of hydrogen-bond donors (Lipinski definition) is 0. The van der Waals surface area contributed by atoms with Crippen LogP contribution in [0, 0.1) is 0 Å². The topological polar surface area (TPSA) is 47.6 Å². The third-order valence-corrected chi connectivity index (χ3v) is 5.25.